The number of hydrogen-bond acceptors (Lipinski definition) is 4. The zero-order valence-corrected chi connectivity index (χ0v) is 6.30. The first-order valence-corrected chi connectivity index (χ1v) is 3.82. The highest BCUT2D eigenvalue weighted by atomic mass is 32.2. The molecule has 0 aromatic carbocycles. The Balaban J connectivity index is 4.53. The van der Waals surface area contributed by atoms with E-state index in [4.69, 9.17) is 4.55 Å². The van der Waals surface area contributed by atoms with Crippen LogP contribution in [0.4, 0.5) is 0 Å². The summed E-state index contributed by atoms with van der Waals surface area (Å²) in [6.07, 6.45) is 0.735. The van der Waals surface area contributed by atoms with Crippen LogP contribution in [0.1, 0.15) is 0 Å². The molecule has 0 radical (unpaired) electrons. The van der Waals surface area contributed by atoms with Crippen LogP contribution in [0.5, 0.6) is 0 Å². The summed E-state index contributed by atoms with van der Waals surface area (Å²) in [6, 6.07) is 0. The first kappa shape index (κ1) is 9.86. The molecule has 0 aliphatic rings. The highest BCUT2D eigenvalue weighted by Gasteiger charge is 2.20. The third kappa shape index (κ3) is 2.96. The van der Waals surface area contributed by atoms with Crippen molar-refractivity contribution in [2.24, 2.45) is 0 Å². The van der Waals surface area contributed by atoms with Gasteiger partial charge in [-0.2, -0.15) is 8.42 Å². The van der Waals surface area contributed by atoms with Crippen molar-refractivity contribution in [3.8, 4) is 0 Å². The van der Waals surface area contributed by atoms with Gasteiger partial charge in [0.1, 0.15) is 0 Å². The number of esters is 1. The van der Waals surface area contributed by atoms with Gasteiger partial charge in [0, 0.05) is 0 Å². The fourth-order valence-corrected chi connectivity index (χ4v) is 0.505. The van der Waals surface area contributed by atoms with Crippen LogP contribution in [0.15, 0.2) is 24.3 Å². The Bertz CT molecular complexity index is 286. The number of ether oxygens (including phenoxy) is 1. The molecular formula is C5H6O5S. The zero-order chi connectivity index (χ0) is 9.07. The molecule has 0 saturated heterocycles. The van der Waals surface area contributed by atoms with Gasteiger partial charge in [0.05, 0.1) is 6.26 Å². The van der Waals surface area contributed by atoms with Crippen LogP contribution >= 0.6 is 0 Å². The Morgan fingerprint density at radius 2 is 2.00 bits per heavy atom. The van der Waals surface area contributed by atoms with Crippen molar-refractivity contribution in [2.75, 3.05) is 0 Å². The molecule has 6 heteroatoms. The van der Waals surface area contributed by atoms with Gasteiger partial charge < -0.3 is 4.74 Å². The minimum absolute atomic E-state index is 0.735. The molecule has 0 atom stereocenters. The zero-order valence-electron chi connectivity index (χ0n) is 5.48. The van der Waals surface area contributed by atoms with Crippen LogP contribution < -0.4 is 0 Å². The molecule has 0 aromatic heterocycles. The van der Waals surface area contributed by atoms with E-state index >= 15 is 0 Å². The average Bonchev–Trinajstić information content (AvgIpc) is 1.85. The van der Waals surface area contributed by atoms with E-state index < -0.39 is 21.0 Å². The molecule has 0 bridgehead atoms. The molecule has 62 valence electrons. The van der Waals surface area contributed by atoms with Gasteiger partial charge in [0.25, 0.3) is 0 Å². The van der Waals surface area contributed by atoms with Crippen LogP contribution in [0, 0.1) is 0 Å². The van der Waals surface area contributed by atoms with Crippen LogP contribution in [0.2, 0.25) is 0 Å². The van der Waals surface area contributed by atoms with Crippen molar-refractivity contribution < 1.29 is 22.5 Å². The molecule has 0 heterocycles. The fourth-order valence-electron chi connectivity index (χ4n) is 0.247. The highest BCUT2D eigenvalue weighted by molar-refractivity contribution is 7.90. The maximum absolute atomic E-state index is 10.5. The number of carbonyl (C=O) groups excluding carboxylic acids is 1. The Morgan fingerprint density at radius 3 is 2.27 bits per heavy atom. The third-order valence-corrected chi connectivity index (χ3v) is 1.52. The van der Waals surface area contributed by atoms with E-state index in [1.165, 1.54) is 0 Å². The maximum atomic E-state index is 10.5. The summed E-state index contributed by atoms with van der Waals surface area (Å²) in [6.45, 7) is 5.79. The van der Waals surface area contributed by atoms with Gasteiger partial charge >= 0.3 is 16.1 Å². The van der Waals surface area contributed by atoms with E-state index in [-0.39, 0.29) is 0 Å². The summed E-state index contributed by atoms with van der Waals surface area (Å²) in [4.78, 5) is 9.44. The van der Waals surface area contributed by atoms with Crippen molar-refractivity contribution in [1.82, 2.24) is 0 Å². The number of hydrogen-bond donors (Lipinski definition) is 1. The quantitative estimate of drug-likeness (QED) is 0.286. The molecule has 11 heavy (non-hydrogen) atoms. The van der Waals surface area contributed by atoms with Crippen molar-refractivity contribution in [3.63, 3.8) is 0 Å². The molecule has 0 saturated carbocycles. The van der Waals surface area contributed by atoms with Gasteiger partial charge in [-0.05, 0) is 0 Å². The van der Waals surface area contributed by atoms with Gasteiger partial charge in [-0.25, -0.2) is 4.79 Å². The Kier molecular flexibility index (Phi) is 2.97. The molecule has 0 aliphatic heterocycles. The Labute approximate surface area is 63.7 Å². The number of rotatable bonds is 3. The van der Waals surface area contributed by atoms with Crippen molar-refractivity contribution in [1.29, 1.82) is 0 Å². The second kappa shape index (κ2) is 3.31. The van der Waals surface area contributed by atoms with Crippen LogP contribution in [0.25, 0.3) is 0 Å². The normalized spacial score (nSPS) is 10.3. The van der Waals surface area contributed by atoms with Crippen LogP contribution in [0.3, 0.4) is 0 Å². The summed E-state index contributed by atoms with van der Waals surface area (Å²) in [7, 11) is -4.54. The molecule has 0 amide bonds. The summed E-state index contributed by atoms with van der Waals surface area (Å²) in [5.74, 6) is -1.25. The highest BCUT2D eigenvalue weighted by Crippen LogP contribution is 2.02. The molecule has 0 aliphatic carbocycles. The van der Waals surface area contributed by atoms with Gasteiger partial charge in [0.15, 0.2) is 4.91 Å². The van der Waals surface area contributed by atoms with Crippen molar-refractivity contribution in [2.45, 2.75) is 0 Å². The van der Waals surface area contributed by atoms with E-state index in [9.17, 15) is 13.2 Å². The molecule has 0 fully saturated rings. The minimum Gasteiger partial charge on any atom is -0.431 e. The molecule has 0 rings (SSSR count). The monoisotopic (exact) mass is 178 g/mol. The summed E-state index contributed by atoms with van der Waals surface area (Å²) in [5.41, 5.74) is 0. The smallest absolute Gasteiger partial charge is 0.356 e. The van der Waals surface area contributed by atoms with Gasteiger partial charge in [-0.15, -0.1) is 0 Å². The lowest BCUT2D eigenvalue weighted by Crippen LogP contribution is -2.12. The summed E-state index contributed by atoms with van der Waals surface area (Å²) in [5, 5.41) is 0. The molecule has 0 aromatic rings. The Morgan fingerprint density at radius 1 is 1.55 bits per heavy atom. The van der Waals surface area contributed by atoms with E-state index in [2.05, 4.69) is 17.9 Å². The summed E-state index contributed by atoms with van der Waals surface area (Å²) >= 11 is 0. The van der Waals surface area contributed by atoms with Gasteiger partial charge in [-0.3, -0.25) is 4.55 Å². The van der Waals surface area contributed by atoms with Crippen LogP contribution in [-0.2, 0) is 19.6 Å². The predicted octanol–water partition coefficient (Wildman–Crippen LogP) is 0.0746. The fraction of sp³-hybridized carbons (Fsp3) is 0. The SMILES string of the molecule is C=COC(=O)C(=C)S(=O)(=O)O. The van der Waals surface area contributed by atoms with E-state index in [1.54, 1.807) is 0 Å². The van der Waals surface area contributed by atoms with Gasteiger partial charge in [0.2, 0.25) is 0 Å². The lowest BCUT2D eigenvalue weighted by molar-refractivity contribution is -0.132. The maximum Gasteiger partial charge on any atom is 0.356 e. The lowest BCUT2D eigenvalue weighted by Gasteiger charge is -1.97. The first-order chi connectivity index (χ1) is 4.89. The van der Waals surface area contributed by atoms with Crippen LogP contribution in [-0.4, -0.2) is 18.9 Å². The predicted molar refractivity (Wildman–Crippen MR) is 37.0 cm³/mol. The second-order valence-corrected chi connectivity index (χ2v) is 2.91. The molecule has 0 spiro atoms. The van der Waals surface area contributed by atoms with E-state index in [0.29, 0.717) is 0 Å². The third-order valence-electron chi connectivity index (χ3n) is 0.729. The Hall–Kier alpha value is -1.14. The van der Waals surface area contributed by atoms with E-state index in [1.807, 2.05) is 0 Å². The van der Waals surface area contributed by atoms with Crippen molar-refractivity contribution in [3.05, 3.63) is 24.3 Å². The first-order valence-electron chi connectivity index (χ1n) is 2.38. The lowest BCUT2D eigenvalue weighted by atomic mass is 10.6. The largest absolute Gasteiger partial charge is 0.431 e. The molecule has 0 unspecified atom stereocenters. The standard InChI is InChI=1S/C5H6O5S/c1-3-10-5(6)4(2)11(7,8)9/h3H,1-2H2,(H,7,8,9). The minimum atomic E-state index is -4.54. The van der Waals surface area contributed by atoms with E-state index in [0.717, 1.165) is 6.26 Å². The number of carbonyl (C=O) groups is 1. The molecule has 1 N–H and O–H groups in total. The van der Waals surface area contributed by atoms with Crippen molar-refractivity contribution >= 4 is 16.1 Å². The average molecular weight is 178 g/mol. The second-order valence-electron chi connectivity index (χ2n) is 1.47. The van der Waals surface area contributed by atoms with Gasteiger partial charge in [-0.1, -0.05) is 13.2 Å². The summed E-state index contributed by atoms with van der Waals surface area (Å²) < 4.78 is 32.6. The molecule has 5 nitrogen and oxygen atoms in total. The molecular weight excluding hydrogens is 172 g/mol. The topological polar surface area (TPSA) is 80.7 Å².